The number of nitrogens with zero attached hydrogens (tertiary/aromatic N) is 2. The molecule has 1 aromatic carbocycles. The minimum absolute atomic E-state index is 0.0215. The molecule has 0 saturated carbocycles. The fourth-order valence-corrected chi connectivity index (χ4v) is 4.66. The zero-order chi connectivity index (χ0) is 20.1. The van der Waals surface area contributed by atoms with Crippen LogP contribution in [0.15, 0.2) is 36.7 Å². The Morgan fingerprint density at radius 2 is 1.93 bits per heavy atom. The van der Waals surface area contributed by atoms with Crippen LogP contribution in [0.3, 0.4) is 0 Å². The molecule has 0 spiro atoms. The number of halogens is 1. The van der Waals surface area contributed by atoms with E-state index in [4.69, 9.17) is 0 Å². The molecule has 2 aromatic heterocycles. The topological polar surface area (TPSA) is 31.9 Å². The largest absolute Gasteiger partial charge is 0.355 e. The zero-order valence-electron chi connectivity index (χ0n) is 16.7. The molecule has 1 aliphatic heterocycles. The van der Waals surface area contributed by atoms with E-state index < -0.39 is 0 Å². The van der Waals surface area contributed by atoms with Crippen molar-refractivity contribution in [2.24, 2.45) is 0 Å². The molecule has 1 aliphatic rings. The molecule has 3 nitrogen and oxygen atoms in total. The number of hydrogen-bond donors (Lipinski definition) is 2. The summed E-state index contributed by atoms with van der Waals surface area (Å²) in [4.78, 5) is 9.74. The molecule has 6 heteroatoms. The first-order chi connectivity index (χ1) is 13.2. The van der Waals surface area contributed by atoms with Gasteiger partial charge in [0.2, 0.25) is 0 Å². The molecule has 0 amide bonds. The molecule has 0 saturated heterocycles. The Balaban J connectivity index is 1.56. The number of nitrogens with one attached hydrogen (secondary N) is 1. The Morgan fingerprint density at radius 3 is 2.64 bits per heavy atom. The van der Waals surface area contributed by atoms with Crippen molar-refractivity contribution in [1.82, 2.24) is 14.9 Å². The third-order valence-electron chi connectivity index (χ3n) is 5.75. The minimum atomic E-state index is -0.339. The maximum Gasteiger partial charge on any atom is 0.153 e. The van der Waals surface area contributed by atoms with Crippen molar-refractivity contribution < 1.29 is 4.39 Å². The summed E-state index contributed by atoms with van der Waals surface area (Å²) in [7, 11) is 1.57. The normalized spacial score (nSPS) is 15.4. The third kappa shape index (κ3) is 3.46. The second-order valence-electron chi connectivity index (χ2n) is 8.85. The summed E-state index contributed by atoms with van der Waals surface area (Å²) >= 11 is 4.43. The van der Waals surface area contributed by atoms with Crippen LogP contribution in [0.4, 0.5) is 4.39 Å². The van der Waals surface area contributed by atoms with Crippen LogP contribution in [-0.4, -0.2) is 21.4 Å². The van der Waals surface area contributed by atoms with Gasteiger partial charge in [0.05, 0.1) is 16.6 Å². The van der Waals surface area contributed by atoms with Crippen LogP contribution < -0.4 is 0 Å². The number of hydrogen-bond acceptors (Lipinski definition) is 4. The van der Waals surface area contributed by atoms with Gasteiger partial charge < -0.3 is 4.98 Å². The minimum Gasteiger partial charge on any atom is -0.355 e. The van der Waals surface area contributed by atoms with Crippen molar-refractivity contribution in [3.63, 3.8) is 0 Å². The second-order valence-corrected chi connectivity index (χ2v) is 10.6. The van der Waals surface area contributed by atoms with Crippen LogP contribution in [0.2, 0.25) is 0 Å². The van der Waals surface area contributed by atoms with Gasteiger partial charge in [0, 0.05) is 42.2 Å². The lowest BCUT2D eigenvalue weighted by atomic mass is 9.88. The lowest BCUT2D eigenvalue weighted by Gasteiger charge is -2.29. The summed E-state index contributed by atoms with van der Waals surface area (Å²) in [6.07, 6.45) is 3.28. The fourth-order valence-electron chi connectivity index (χ4n) is 4.11. The Labute approximate surface area is 174 Å². The van der Waals surface area contributed by atoms with Crippen LogP contribution in [0, 0.1) is 5.82 Å². The summed E-state index contributed by atoms with van der Waals surface area (Å²) in [6.45, 7) is 11.2. The molecule has 148 valence electrons. The van der Waals surface area contributed by atoms with Crippen LogP contribution in [0.25, 0.3) is 10.9 Å². The van der Waals surface area contributed by atoms with E-state index in [9.17, 15) is 4.39 Å². The zero-order valence-corrected chi connectivity index (χ0v) is 18.4. The lowest BCUT2D eigenvalue weighted by Crippen LogP contribution is -2.34. The van der Waals surface area contributed by atoms with Gasteiger partial charge in [0.15, 0.2) is 5.82 Å². The van der Waals surface area contributed by atoms with E-state index in [1.165, 1.54) is 16.7 Å². The first kappa shape index (κ1) is 19.8. The molecule has 0 bridgehead atoms. The highest BCUT2D eigenvalue weighted by Crippen LogP contribution is 2.40. The van der Waals surface area contributed by atoms with E-state index in [1.807, 2.05) is 6.07 Å². The van der Waals surface area contributed by atoms with Crippen LogP contribution in [0.5, 0.6) is 0 Å². The Bertz CT molecular complexity index is 1030. The Hall–Kier alpha value is -1.50. The van der Waals surface area contributed by atoms with Gasteiger partial charge in [-0.15, -0.1) is 11.7 Å². The third-order valence-corrected chi connectivity index (χ3v) is 7.81. The highest BCUT2D eigenvalue weighted by molar-refractivity contribution is 8.69. The van der Waals surface area contributed by atoms with Crippen LogP contribution >= 0.6 is 22.5 Å². The van der Waals surface area contributed by atoms with Crippen molar-refractivity contribution in [3.05, 3.63) is 64.9 Å². The second kappa shape index (κ2) is 7.08. The molecule has 28 heavy (non-hydrogen) atoms. The Morgan fingerprint density at radius 1 is 1.18 bits per heavy atom. The molecule has 0 unspecified atom stereocenters. The molecule has 4 rings (SSSR count). The quantitative estimate of drug-likeness (QED) is 0.407. The number of aromatic nitrogens is 2. The number of rotatable bonds is 5. The molecule has 0 atom stereocenters. The van der Waals surface area contributed by atoms with E-state index in [-0.39, 0.29) is 16.0 Å². The van der Waals surface area contributed by atoms with Gasteiger partial charge in [0.25, 0.3) is 0 Å². The van der Waals surface area contributed by atoms with Crippen molar-refractivity contribution in [3.8, 4) is 0 Å². The standard InChI is InChI=1S/C22H26FN3S2/c1-21(2,20-19(23)17-10-24-8-7-18(17)25-20)13-26-11-14-5-6-16(9-15(14)12-26)22(3,4)28-27/h5-10,25,27H,11-13H2,1-4H3. The molecular formula is C22H26FN3S2. The lowest BCUT2D eigenvalue weighted by molar-refractivity contribution is 0.223. The number of benzene rings is 1. The average molecular weight is 416 g/mol. The summed E-state index contributed by atoms with van der Waals surface area (Å²) < 4.78 is 15.0. The van der Waals surface area contributed by atoms with Gasteiger partial charge in [-0.25, -0.2) is 4.39 Å². The highest BCUT2D eigenvalue weighted by atomic mass is 33.1. The number of pyridine rings is 1. The molecule has 3 aromatic rings. The predicted octanol–water partition coefficient (Wildman–Crippen LogP) is 5.81. The number of H-pyrrole nitrogens is 1. The van der Waals surface area contributed by atoms with Crippen LogP contribution in [0.1, 0.15) is 50.1 Å². The van der Waals surface area contributed by atoms with Crippen molar-refractivity contribution in [2.45, 2.75) is 50.9 Å². The van der Waals surface area contributed by atoms with Crippen molar-refractivity contribution in [2.75, 3.05) is 6.54 Å². The molecule has 3 heterocycles. The van der Waals surface area contributed by atoms with E-state index in [2.05, 4.69) is 72.4 Å². The maximum absolute atomic E-state index is 15.0. The smallest absolute Gasteiger partial charge is 0.153 e. The summed E-state index contributed by atoms with van der Waals surface area (Å²) in [6, 6.07) is 8.58. The summed E-state index contributed by atoms with van der Waals surface area (Å²) in [5.74, 6) is -0.181. The first-order valence-electron chi connectivity index (χ1n) is 9.50. The first-order valence-corrected chi connectivity index (χ1v) is 11.4. The van der Waals surface area contributed by atoms with Crippen molar-refractivity contribution in [1.29, 1.82) is 0 Å². The van der Waals surface area contributed by atoms with Gasteiger partial charge in [-0.2, -0.15) is 0 Å². The summed E-state index contributed by atoms with van der Waals surface area (Å²) in [5.41, 5.74) is 5.14. The molecule has 0 aliphatic carbocycles. The monoisotopic (exact) mass is 415 g/mol. The highest BCUT2D eigenvalue weighted by Gasteiger charge is 2.32. The molecular weight excluding hydrogens is 389 g/mol. The molecule has 0 fully saturated rings. The Kier molecular flexibility index (Phi) is 5.01. The molecule has 0 radical (unpaired) electrons. The van der Waals surface area contributed by atoms with Gasteiger partial charge in [-0.1, -0.05) is 42.8 Å². The van der Waals surface area contributed by atoms with E-state index in [1.54, 1.807) is 23.2 Å². The van der Waals surface area contributed by atoms with Gasteiger partial charge in [0.1, 0.15) is 0 Å². The van der Waals surface area contributed by atoms with E-state index in [0.717, 1.165) is 25.2 Å². The van der Waals surface area contributed by atoms with Gasteiger partial charge in [-0.3, -0.25) is 9.88 Å². The van der Waals surface area contributed by atoms with Gasteiger partial charge in [-0.05, 0) is 36.6 Å². The maximum atomic E-state index is 15.0. The predicted molar refractivity (Wildman–Crippen MR) is 119 cm³/mol. The molecule has 1 N–H and O–H groups in total. The fraction of sp³-hybridized carbons (Fsp3) is 0.409. The van der Waals surface area contributed by atoms with E-state index in [0.29, 0.717) is 11.1 Å². The SMILES string of the molecule is CC(C)(CN1Cc2ccc(C(C)(C)SS)cc2C1)c1[nH]c2ccncc2c1F. The average Bonchev–Trinajstić information content (AvgIpc) is 3.21. The van der Waals surface area contributed by atoms with Crippen molar-refractivity contribution >= 4 is 33.4 Å². The summed E-state index contributed by atoms with van der Waals surface area (Å²) in [5, 5.41) is 0.561. The van der Waals surface area contributed by atoms with Crippen LogP contribution in [-0.2, 0) is 23.3 Å². The van der Waals surface area contributed by atoms with E-state index >= 15 is 0 Å². The number of thiol groups is 1. The number of fused-ring (bicyclic) bond motifs is 2. The van der Waals surface area contributed by atoms with Gasteiger partial charge >= 0.3 is 0 Å². The number of aromatic amines is 1.